The Morgan fingerprint density at radius 3 is 2.43 bits per heavy atom. The lowest BCUT2D eigenvalue weighted by molar-refractivity contribution is -0.347. The van der Waals surface area contributed by atoms with Crippen molar-refractivity contribution >= 4 is 21.9 Å². The van der Waals surface area contributed by atoms with E-state index in [1.807, 2.05) is 6.07 Å². The van der Waals surface area contributed by atoms with Crippen molar-refractivity contribution < 1.29 is 28.5 Å². The molecule has 0 saturated carbocycles. The number of hydrogen-bond acceptors (Lipinski definition) is 6. The molecule has 0 N–H and O–H groups in total. The van der Waals surface area contributed by atoms with E-state index in [0.29, 0.717) is 10.9 Å². The Bertz CT molecular complexity index is 505. The smallest absolute Gasteiger partial charge is 0.338 e. The zero-order chi connectivity index (χ0) is 16.9. The van der Waals surface area contributed by atoms with Gasteiger partial charge in [0, 0.05) is 26.7 Å². The number of benzene rings is 1. The third-order valence-corrected chi connectivity index (χ3v) is 4.54. The van der Waals surface area contributed by atoms with Crippen LogP contribution in [0.4, 0.5) is 0 Å². The van der Waals surface area contributed by atoms with E-state index in [4.69, 9.17) is 23.7 Å². The van der Waals surface area contributed by atoms with Gasteiger partial charge in [-0.05, 0) is 12.1 Å². The minimum atomic E-state index is -1.14. The first-order valence-electron chi connectivity index (χ1n) is 7.20. The molecule has 1 aliphatic rings. The molecule has 0 aromatic heterocycles. The van der Waals surface area contributed by atoms with Crippen LogP contribution in [0.2, 0.25) is 0 Å². The summed E-state index contributed by atoms with van der Waals surface area (Å²) >= 11 is 3.38. The summed E-state index contributed by atoms with van der Waals surface area (Å²) in [5, 5.41) is 0.439. The lowest BCUT2D eigenvalue weighted by atomic mass is 9.97. The van der Waals surface area contributed by atoms with Gasteiger partial charge in [0.15, 0.2) is 12.4 Å². The highest BCUT2D eigenvalue weighted by Crippen LogP contribution is 2.36. The van der Waals surface area contributed by atoms with Crippen molar-refractivity contribution in [3.05, 3.63) is 35.9 Å². The summed E-state index contributed by atoms with van der Waals surface area (Å²) in [6.45, 7) is 0. The van der Waals surface area contributed by atoms with E-state index in [1.165, 1.54) is 14.2 Å². The Morgan fingerprint density at radius 1 is 1.26 bits per heavy atom. The fourth-order valence-electron chi connectivity index (χ4n) is 2.61. The van der Waals surface area contributed by atoms with E-state index >= 15 is 0 Å². The second-order valence-corrected chi connectivity index (χ2v) is 5.76. The molecule has 7 heteroatoms. The summed E-state index contributed by atoms with van der Waals surface area (Å²) in [5.41, 5.74) is 0.454. The minimum absolute atomic E-state index is 0.284. The largest absolute Gasteiger partial charge is 0.450 e. The van der Waals surface area contributed by atoms with Crippen LogP contribution in [-0.2, 0) is 23.7 Å². The van der Waals surface area contributed by atoms with Gasteiger partial charge in [-0.15, -0.1) is 0 Å². The summed E-state index contributed by atoms with van der Waals surface area (Å²) < 4.78 is 27.9. The first-order valence-corrected chi connectivity index (χ1v) is 8.33. The molecule has 3 atom stereocenters. The molecule has 1 saturated heterocycles. The fourth-order valence-corrected chi connectivity index (χ4v) is 3.10. The Balaban J connectivity index is 2.25. The number of hydrogen-bond donors (Lipinski definition) is 0. The molecule has 0 bridgehead atoms. The highest BCUT2D eigenvalue weighted by atomic mass is 79.9. The summed E-state index contributed by atoms with van der Waals surface area (Å²) in [6, 6.07) is 8.76. The van der Waals surface area contributed by atoms with E-state index in [0.717, 1.165) is 0 Å². The number of esters is 1. The maximum atomic E-state index is 12.4. The van der Waals surface area contributed by atoms with Gasteiger partial charge in [0.05, 0.1) is 12.0 Å². The van der Waals surface area contributed by atoms with Crippen LogP contribution >= 0.6 is 15.9 Å². The SMILES string of the molecule is CO[C@H]1CC(OC)(OC)[C@H](OC(=O)c2ccccc2)[C@@H](CBr)O1. The van der Waals surface area contributed by atoms with Crippen LogP contribution in [-0.4, -0.2) is 56.9 Å². The Morgan fingerprint density at radius 2 is 1.91 bits per heavy atom. The van der Waals surface area contributed by atoms with Gasteiger partial charge < -0.3 is 23.7 Å². The first-order chi connectivity index (χ1) is 11.1. The topological polar surface area (TPSA) is 63.2 Å². The van der Waals surface area contributed by atoms with Crippen molar-refractivity contribution in [1.29, 1.82) is 0 Å². The molecule has 0 aliphatic carbocycles. The van der Waals surface area contributed by atoms with Crippen LogP contribution in [0.3, 0.4) is 0 Å². The van der Waals surface area contributed by atoms with Crippen molar-refractivity contribution in [1.82, 2.24) is 0 Å². The van der Waals surface area contributed by atoms with Gasteiger partial charge >= 0.3 is 5.97 Å². The maximum Gasteiger partial charge on any atom is 0.338 e. The monoisotopic (exact) mass is 388 g/mol. The number of halogens is 1. The van der Waals surface area contributed by atoms with E-state index < -0.39 is 30.3 Å². The maximum absolute atomic E-state index is 12.4. The number of carbonyl (C=O) groups is 1. The van der Waals surface area contributed by atoms with Crippen LogP contribution in [0.25, 0.3) is 0 Å². The minimum Gasteiger partial charge on any atom is -0.450 e. The summed E-state index contributed by atoms with van der Waals surface area (Å²) in [5.74, 6) is -1.60. The van der Waals surface area contributed by atoms with Gasteiger partial charge in [-0.25, -0.2) is 4.79 Å². The van der Waals surface area contributed by atoms with Gasteiger partial charge in [-0.2, -0.15) is 0 Å². The van der Waals surface area contributed by atoms with E-state index in [9.17, 15) is 4.79 Å². The molecule has 1 aromatic rings. The summed E-state index contributed by atoms with van der Waals surface area (Å²) in [6.07, 6.45) is -1.44. The molecule has 128 valence electrons. The van der Waals surface area contributed by atoms with E-state index in [2.05, 4.69) is 15.9 Å². The highest BCUT2D eigenvalue weighted by Gasteiger charge is 2.53. The van der Waals surface area contributed by atoms with Crippen molar-refractivity contribution in [2.24, 2.45) is 0 Å². The molecule has 0 unspecified atom stereocenters. The number of rotatable bonds is 6. The zero-order valence-electron chi connectivity index (χ0n) is 13.4. The Kier molecular flexibility index (Phi) is 6.55. The van der Waals surface area contributed by atoms with Crippen LogP contribution in [0, 0.1) is 0 Å². The number of ether oxygens (including phenoxy) is 5. The molecular weight excluding hydrogens is 368 g/mol. The number of carbonyl (C=O) groups excluding carboxylic acids is 1. The van der Waals surface area contributed by atoms with Crippen molar-refractivity contribution in [2.75, 3.05) is 26.7 Å². The Hall–Kier alpha value is -0.990. The zero-order valence-corrected chi connectivity index (χ0v) is 14.9. The number of alkyl halides is 1. The average Bonchev–Trinajstić information content (AvgIpc) is 2.62. The quantitative estimate of drug-likeness (QED) is 0.423. The molecule has 0 amide bonds. The van der Waals surface area contributed by atoms with Crippen LogP contribution in [0.15, 0.2) is 30.3 Å². The van der Waals surface area contributed by atoms with Gasteiger partial charge in [0.25, 0.3) is 0 Å². The molecular formula is C16H21BrO6. The van der Waals surface area contributed by atoms with Crippen LogP contribution < -0.4 is 0 Å². The van der Waals surface area contributed by atoms with Crippen LogP contribution in [0.1, 0.15) is 16.8 Å². The number of methoxy groups -OCH3 is 3. The second kappa shape index (κ2) is 8.21. The van der Waals surface area contributed by atoms with E-state index in [1.54, 1.807) is 31.4 Å². The van der Waals surface area contributed by atoms with Gasteiger partial charge in [-0.3, -0.25) is 0 Å². The predicted molar refractivity (Wildman–Crippen MR) is 86.5 cm³/mol. The molecule has 1 aliphatic heterocycles. The second-order valence-electron chi connectivity index (χ2n) is 5.11. The van der Waals surface area contributed by atoms with Gasteiger partial charge in [0.2, 0.25) is 5.79 Å². The summed E-state index contributed by atoms with van der Waals surface area (Å²) in [4.78, 5) is 12.4. The average molecular weight is 389 g/mol. The van der Waals surface area contributed by atoms with Crippen molar-refractivity contribution in [3.63, 3.8) is 0 Å². The molecule has 1 fully saturated rings. The van der Waals surface area contributed by atoms with Gasteiger partial charge in [-0.1, -0.05) is 34.1 Å². The first kappa shape index (κ1) is 18.4. The molecule has 2 rings (SSSR count). The highest BCUT2D eigenvalue weighted by molar-refractivity contribution is 9.09. The predicted octanol–water partition coefficient (Wildman–Crippen LogP) is 2.36. The fraction of sp³-hybridized carbons (Fsp3) is 0.562. The third-order valence-electron chi connectivity index (χ3n) is 3.90. The molecule has 23 heavy (non-hydrogen) atoms. The van der Waals surface area contributed by atoms with Crippen molar-refractivity contribution in [2.45, 2.75) is 30.7 Å². The normalized spacial score (nSPS) is 26.7. The van der Waals surface area contributed by atoms with Crippen LogP contribution in [0.5, 0.6) is 0 Å². The molecule has 1 aromatic carbocycles. The molecule has 0 radical (unpaired) electrons. The Labute approximate surface area is 144 Å². The molecule has 1 heterocycles. The van der Waals surface area contributed by atoms with Gasteiger partial charge in [0.1, 0.15) is 6.10 Å². The lowest BCUT2D eigenvalue weighted by Crippen LogP contribution is -2.61. The standard InChI is InChI=1S/C16H21BrO6/c1-19-13-9-16(20-2,21-3)14(12(10-17)22-13)23-15(18)11-7-5-4-6-8-11/h4-8,12-14H,9-10H2,1-3H3/t12-,13-,14-/m1/s1. The van der Waals surface area contributed by atoms with E-state index in [-0.39, 0.29) is 6.42 Å². The summed E-state index contributed by atoms with van der Waals surface area (Å²) in [7, 11) is 4.56. The third kappa shape index (κ3) is 3.92. The van der Waals surface area contributed by atoms with Crippen molar-refractivity contribution in [3.8, 4) is 0 Å². The molecule has 6 nitrogen and oxygen atoms in total. The molecule has 0 spiro atoms. The lowest BCUT2D eigenvalue weighted by Gasteiger charge is -2.46.